The number of piperidine rings is 1. The lowest BCUT2D eigenvalue weighted by atomic mass is 10.0. The SMILES string of the molecule is CC1CCCCN1Cc1ncc(-c2nc(=S)[nH][nH]2)s1. The summed E-state index contributed by atoms with van der Waals surface area (Å²) in [5.41, 5.74) is 0. The first-order valence-corrected chi connectivity index (χ1v) is 7.78. The van der Waals surface area contributed by atoms with E-state index in [4.69, 9.17) is 12.2 Å². The molecule has 1 aliphatic rings. The van der Waals surface area contributed by atoms with E-state index in [1.54, 1.807) is 11.3 Å². The average molecular weight is 295 g/mol. The molecule has 0 spiro atoms. The second-order valence-corrected chi connectivity index (χ2v) is 6.45. The van der Waals surface area contributed by atoms with Gasteiger partial charge in [-0.2, -0.15) is 4.98 Å². The van der Waals surface area contributed by atoms with Gasteiger partial charge >= 0.3 is 0 Å². The van der Waals surface area contributed by atoms with Gasteiger partial charge in [0.25, 0.3) is 0 Å². The van der Waals surface area contributed by atoms with E-state index >= 15 is 0 Å². The summed E-state index contributed by atoms with van der Waals surface area (Å²) >= 11 is 6.65. The third kappa shape index (κ3) is 2.93. The number of H-pyrrole nitrogens is 2. The first-order chi connectivity index (χ1) is 9.22. The molecule has 2 aromatic rings. The fourth-order valence-corrected chi connectivity index (χ4v) is 3.48. The van der Waals surface area contributed by atoms with E-state index in [1.165, 1.54) is 25.8 Å². The Hall–Kier alpha value is -1.05. The van der Waals surface area contributed by atoms with Gasteiger partial charge in [-0.3, -0.25) is 15.1 Å². The minimum absolute atomic E-state index is 0.481. The number of hydrogen-bond donors (Lipinski definition) is 2. The van der Waals surface area contributed by atoms with E-state index < -0.39 is 0 Å². The molecule has 1 aliphatic heterocycles. The van der Waals surface area contributed by atoms with Crippen LogP contribution >= 0.6 is 23.6 Å². The van der Waals surface area contributed by atoms with Crippen molar-refractivity contribution in [3.05, 3.63) is 16.0 Å². The van der Waals surface area contributed by atoms with Crippen molar-refractivity contribution in [2.24, 2.45) is 0 Å². The van der Waals surface area contributed by atoms with Gasteiger partial charge in [-0.15, -0.1) is 11.3 Å². The van der Waals surface area contributed by atoms with E-state index in [0.717, 1.165) is 22.3 Å². The highest BCUT2D eigenvalue weighted by Crippen LogP contribution is 2.25. The van der Waals surface area contributed by atoms with Crippen LogP contribution in [0.15, 0.2) is 6.20 Å². The summed E-state index contributed by atoms with van der Waals surface area (Å²) in [6.45, 7) is 4.43. The lowest BCUT2D eigenvalue weighted by Crippen LogP contribution is -2.36. The molecule has 0 radical (unpaired) electrons. The number of nitrogens with zero attached hydrogens (tertiary/aromatic N) is 3. The van der Waals surface area contributed by atoms with Gasteiger partial charge in [0, 0.05) is 12.2 Å². The number of likely N-dealkylation sites (tertiary alicyclic amines) is 1. The summed E-state index contributed by atoms with van der Waals surface area (Å²) in [4.78, 5) is 12.3. The Labute approximate surface area is 121 Å². The topological polar surface area (TPSA) is 60.6 Å². The molecular weight excluding hydrogens is 278 g/mol. The highest BCUT2D eigenvalue weighted by atomic mass is 32.1. The van der Waals surface area contributed by atoms with Crippen LogP contribution in [0.2, 0.25) is 0 Å². The molecule has 0 aliphatic carbocycles. The second kappa shape index (κ2) is 5.52. The molecule has 3 heterocycles. The number of rotatable bonds is 3. The molecule has 102 valence electrons. The van der Waals surface area contributed by atoms with Crippen LogP contribution < -0.4 is 0 Å². The van der Waals surface area contributed by atoms with Gasteiger partial charge in [0.2, 0.25) is 4.77 Å². The third-order valence-electron chi connectivity index (χ3n) is 3.57. The van der Waals surface area contributed by atoms with Crippen LogP contribution in [0.5, 0.6) is 0 Å². The number of aromatic nitrogens is 4. The first kappa shape index (κ1) is 13.0. The molecule has 0 amide bonds. The Morgan fingerprint density at radius 3 is 3.11 bits per heavy atom. The number of thiazole rings is 1. The molecular formula is C12H17N5S2. The predicted octanol–water partition coefficient (Wildman–Crippen LogP) is 2.97. The zero-order chi connectivity index (χ0) is 13.2. The maximum Gasteiger partial charge on any atom is 0.213 e. The Bertz CT molecular complexity index is 599. The standard InChI is InChI=1S/C12H17N5S2/c1-8-4-2-3-5-17(8)7-10-13-6-9(19-10)11-14-12(18)16-15-11/h6,8H,2-5,7H2,1H3,(H2,14,15,16,18). The van der Waals surface area contributed by atoms with Gasteiger partial charge in [-0.25, -0.2) is 4.98 Å². The minimum Gasteiger partial charge on any atom is -0.294 e. The third-order valence-corrected chi connectivity index (χ3v) is 4.75. The fourth-order valence-electron chi connectivity index (χ4n) is 2.45. The molecule has 7 heteroatoms. The van der Waals surface area contributed by atoms with E-state index in [-0.39, 0.29) is 0 Å². The maximum atomic E-state index is 4.96. The van der Waals surface area contributed by atoms with Gasteiger partial charge in [-0.1, -0.05) is 6.42 Å². The Morgan fingerprint density at radius 2 is 2.37 bits per heavy atom. The van der Waals surface area contributed by atoms with Crippen molar-refractivity contribution < 1.29 is 0 Å². The Kier molecular flexibility index (Phi) is 3.76. The normalized spacial score (nSPS) is 20.8. The van der Waals surface area contributed by atoms with E-state index in [0.29, 0.717) is 10.8 Å². The summed E-state index contributed by atoms with van der Waals surface area (Å²) in [6, 6.07) is 0.664. The molecule has 0 saturated carbocycles. The molecule has 2 N–H and O–H groups in total. The number of nitrogens with one attached hydrogen (secondary N) is 2. The summed E-state index contributed by atoms with van der Waals surface area (Å²) in [5.74, 6) is 0.778. The predicted molar refractivity (Wildman–Crippen MR) is 78.6 cm³/mol. The van der Waals surface area contributed by atoms with Crippen LogP contribution in [0.3, 0.4) is 0 Å². The summed E-state index contributed by atoms with van der Waals surface area (Å²) in [6.07, 6.45) is 5.82. The highest BCUT2D eigenvalue weighted by molar-refractivity contribution is 7.71. The lowest BCUT2D eigenvalue weighted by molar-refractivity contribution is 0.152. The minimum atomic E-state index is 0.481. The largest absolute Gasteiger partial charge is 0.294 e. The van der Waals surface area contributed by atoms with Crippen molar-refractivity contribution in [1.29, 1.82) is 0 Å². The van der Waals surface area contributed by atoms with Gasteiger partial charge in [0.15, 0.2) is 5.82 Å². The fraction of sp³-hybridized carbons (Fsp3) is 0.583. The number of aromatic amines is 2. The molecule has 1 atom stereocenters. The Balaban J connectivity index is 1.72. The molecule has 1 saturated heterocycles. The van der Waals surface area contributed by atoms with Crippen molar-refractivity contribution in [3.63, 3.8) is 0 Å². The highest BCUT2D eigenvalue weighted by Gasteiger charge is 2.19. The molecule has 0 bridgehead atoms. The van der Waals surface area contributed by atoms with Crippen LogP contribution in [0.25, 0.3) is 10.7 Å². The van der Waals surface area contributed by atoms with Crippen LogP contribution in [0.1, 0.15) is 31.2 Å². The zero-order valence-corrected chi connectivity index (χ0v) is 12.5. The molecule has 5 nitrogen and oxygen atoms in total. The van der Waals surface area contributed by atoms with Gasteiger partial charge in [0.1, 0.15) is 5.01 Å². The van der Waals surface area contributed by atoms with Crippen molar-refractivity contribution >= 4 is 23.6 Å². The van der Waals surface area contributed by atoms with Crippen molar-refractivity contribution in [3.8, 4) is 10.7 Å². The monoisotopic (exact) mass is 295 g/mol. The summed E-state index contributed by atoms with van der Waals surface area (Å²) in [7, 11) is 0. The van der Waals surface area contributed by atoms with Crippen LogP contribution in [0, 0.1) is 4.77 Å². The quantitative estimate of drug-likeness (QED) is 0.855. The molecule has 19 heavy (non-hydrogen) atoms. The van der Waals surface area contributed by atoms with E-state index in [1.807, 2.05) is 6.20 Å². The van der Waals surface area contributed by atoms with Crippen molar-refractivity contribution in [2.75, 3.05) is 6.54 Å². The van der Waals surface area contributed by atoms with Gasteiger partial charge in [0.05, 0.1) is 11.4 Å². The molecule has 1 unspecified atom stereocenters. The van der Waals surface area contributed by atoms with Crippen molar-refractivity contribution in [1.82, 2.24) is 25.1 Å². The summed E-state index contributed by atoms with van der Waals surface area (Å²) in [5, 5.41) is 6.92. The van der Waals surface area contributed by atoms with Crippen LogP contribution in [0.4, 0.5) is 0 Å². The number of hydrogen-bond acceptors (Lipinski definition) is 5. The first-order valence-electron chi connectivity index (χ1n) is 6.56. The lowest BCUT2D eigenvalue weighted by Gasteiger charge is -2.32. The zero-order valence-electron chi connectivity index (χ0n) is 10.8. The van der Waals surface area contributed by atoms with Gasteiger partial charge < -0.3 is 0 Å². The smallest absolute Gasteiger partial charge is 0.213 e. The van der Waals surface area contributed by atoms with E-state index in [9.17, 15) is 0 Å². The van der Waals surface area contributed by atoms with Crippen LogP contribution in [-0.2, 0) is 6.54 Å². The van der Waals surface area contributed by atoms with Crippen molar-refractivity contribution in [2.45, 2.75) is 38.8 Å². The molecule has 1 fully saturated rings. The summed E-state index contributed by atoms with van der Waals surface area (Å²) < 4.78 is 0.481. The Morgan fingerprint density at radius 1 is 1.47 bits per heavy atom. The molecule has 2 aromatic heterocycles. The van der Waals surface area contributed by atoms with Crippen LogP contribution in [-0.4, -0.2) is 37.7 Å². The maximum absolute atomic E-state index is 4.96. The molecule has 0 aromatic carbocycles. The van der Waals surface area contributed by atoms with E-state index in [2.05, 4.69) is 32.0 Å². The van der Waals surface area contributed by atoms with Gasteiger partial charge in [-0.05, 0) is 38.5 Å². The second-order valence-electron chi connectivity index (χ2n) is 4.95. The molecule has 3 rings (SSSR count). The average Bonchev–Trinajstić information content (AvgIpc) is 3.01.